The molecule has 0 amide bonds. The molecular formula is C12H20N4O. The topological polar surface area (TPSA) is 52.0 Å². The molecule has 1 aromatic heterocycles. The maximum Gasteiger partial charge on any atom is 0.221 e. The van der Waals surface area contributed by atoms with Gasteiger partial charge in [-0.1, -0.05) is 13.8 Å². The van der Waals surface area contributed by atoms with E-state index in [1.165, 1.54) is 6.42 Å². The summed E-state index contributed by atoms with van der Waals surface area (Å²) in [6.45, 7) is 6.13. The molecule has 0 aliphatic carbocycles. The molecule has 3 rings (SSSR count). The highest BCUT2D eigenvalue weighted by Crippen LogP contribution is 2.32. The molecule has 2 atom stereocenters. The SMILES string of the molecule is CC(C)c1nc2n(n1)C(C1CCCO1)CCN2. The van der Waals surface area contributed by atoms with Gasteiger partial charge in [0.2, 0.25) is 5.95 Å². The van der Waals surface area contributed by atoms with Crippen LogP contribution in [0.15, 0.2) is 0 Å². The van der Waals surface area contributed by atoms with Crippen molar-refractivity contribution in [1.82, 2.24) is 14.8 Å². The van der Waals surface area contributed by atoms with Crippen molar-refractivity contribution < 1.29 is 4.74 Å². The molecule has 1 N–H and O–H groups in total. The third-order valence-electron chi connectivity index (χ3n) is 3.60. The molecule has 1 fully saturated rings. The average Bonchev–Trinajstić information content (AvgIpc) is 2.97. The van der Waals surface area contributed by atoms with E-state index in [4.69, 9.17) is 4.74 Å². The van der Waals surface area contributed by atoms with Crippen LogP contribution in [0.3, 0.4) is 0 Å². The second-order valence-electron chi connectivity index (χ2n) is 5.23. The summed E-state index contributed by atoms with van der Waals surface area (Å²) in [6, 6.07) is 0.369. The highest BCUT2D eigenvalue weighted by Gasteiger charge is 2.32. The van der Waals surface area contributed by atoms with Crippen LogP contribution in [0.2, 0.25) is 0 Å². The summed E-state index contributed by atoms with van der Waals surface area (Å²) in [5, 5.41) is 7.96. The minimum atomic E-state index is 0.331. The van der Waals surface area contributed by atoms with Crippen LogP contribution < -0.4 is 5.32 Å². The zero-order chi connectivity index (χ0) is 11.8. The average molecular weight is 236 g/mol. The summed E-state index contributed by atoms with van der Waals surface area (Å²) in [5.41, 5.74) is 0. The van der Waals surface area contributed by atoms with Crippen molar-refractivity contribution in [2.75, 3.05) is 18.5 Å². The smallest absolute Gasteiger partial charge is 0.221 e. The van der Waals surface area contributed by atoms with E-state index in [0.717, 1.165) is 37.8 Å². The second kappa shape index (κ2) is 4.29. The summed E-state index contributed by atoms with van der Waals surface area (Å²) in [6.07, 6.45) is 3.74. The minimum Gasteiger partial charge on any atom is -0.376 e. The maximum absolute atomic E-state index is 5.80. The lowest BCUT2D eigenvalue weighted by atomic mass is 10.0. The molecule has 0 radical (unpaired) electrons. The number of aromatic nitrogens is 3. The summed E-state index contributed by atoms with van der Waals surface area (Å²) in [4.78, 5) is 4.56. The fourth-order valence-electron chi connectivity index (χ4n) is 2.64. The third kappa shape index (κ3) is 1.92. The quantitative estimate of drug-likeness (QED) is 0.852. The van der Waals surface area contributed by atoms with Gasteiger partial charge in [0.05, 0.1) is 12.1 Å². The lowest BCUT2D eigenvalue weighted by Gasteiger charge is -2.28. The molecule has 17 heavy (non-hydrogen) atoms. The Morgan fingerprint density at radius 1 is 1.41 bits per heavy atom. The molecule has 94 valence electrons. The van der Waals surface area contributed by atoms with Crippen molar-refractivity contribution in [2.45, 2.75) is 51.2 Å². The Hall–Kier alpha value is -1.10. The van der Waals surface area contributed by atoms with E-state index in [-0.39, 0.29) is 0 Å². The number of anilines is 1. The molecule has 0 bridgehead atoms. The molecule has 2 aliphatic heterocycles. The molecule has 2 unspecified atom stereocenters. The van der Waals surface area contributed by atoms with Crippen LogP contribution in [0.1, 0.15) is 50.9 Å². The van der Waals surface area contributed by atoms with Gasteiger partial charge in [0, 0.05) is 19.1 Å². The van der Waals surface area contributed by atoms with Gasteiger partial charge in [-0.3, -0.25) is 0 Å². The van der Waals surface area contributed by atoms with E-state index in [1.54, 1.807) is 0 Å². The third-order valence-corrected chi connectivity index (χ3v) is 3.60. The normalized spacial score (nSPS) is 28.2. The lowest BCUT2D eigenvalue weighted by molar-refractivity contribution is 0.0589. The van der Waals surface area contributed by atoms with Gasteiger partial charge in [0.1, 0.15) is 0 Å². The van der Waals surface area contributed by atoms with Gasteiger partial charge in [-0.15, -0.1) is 0 Å². The Morgan fingerprint density at radius 3 is 3.00 bits per heavy atom. The van der Waals surface area contributed by atoms with E-state index in [9.17, 15) is 0 Å². The Labute approximate surface area is 102 Å². The van der Waals surface area contributed by atoms with Crippen LogP contribution in [0, 0.1) is 0 Å². The summed E-state index contributed by atoms with van der Waals surface area (Å²) >= 11 is 0. The molecular weight excluding hydrogens is 216 g/mol. The fourth-order valence-corrected chi connectivity index (χ4v) is 2.64. The number of rotatable bonds is 2. The molecule has 5 heteroatoms. The Kier molecular flexibility index (Phi) is 2.78. The van der Waals surface area contributed by atoms with Gasteiger partial charge in [0.25, 0.3) is 0 Å². The summed E-state index contributed by atoms with van der Waals surface area (Å²) in [5.74, 6) is 2.22. The number of hydrogen-bond donors (Lipinski definition) is 1. The van der Waals surface area contributed by atoms with Gasteiger partial charge in [-0.25, -0.2) is 4.68 Å². The molecule has 0 aromatic carbocycles. The zero-order valence-corrected chi connectivity index (χ0v) is 10.5. The molecule has 5 nitrogen and oxygen atoms in total. The van der Waals surface area contributed by atoms with E-state index in [0.29, 0.717) is 18.1 Å². The first-order valence-electron chi connectivity index (χ1n) is 6.57. The highest BCUT2D eigenvalue weighted by molar-refractivity contribution is 5.29. The van der Waals surface area contributed by atoms with Gasteiger partial charge in [-0.05, 0) is 19.3 Å². The largest absolute Gasteiger partial charge is 0.376 e. The van der Waals surface area contributed by atoms with Crippen LogP contribution in [-0.4, -0.2) is 34.0 Å². The first-order valence-corrected chi connectivity index (χ1v) is 6.57. The molecule has 2 aliphatic rings. The number of fused-ring (bicyclic) bond motifs is 1. The van der Waals surface area contributed by atoms with Crippen molar-refractivity contribution in [3.8, 4) is 0 Å². The highest BCUT2D eigenvalue weighted by atomic mass is 16.5. The number of nitrogens with zero attached hydrogens (tertiary/aromatic N) is 3. The standard InChI is InChI=1S/C12H20N4O/c1-8(2)11-14-12-13-6-5-9(16(12)15-11)10-4-3-7-17-10/h8-10H,3-7H2,1-2H3,(H,13,14,15). The van der Waals surface area contributed by atoms with Crippen LogP contribution in [0.4, 0.5) is 5.95 Å². The number of nitrogens with one attached hydrogen (secondary N) is 1. The van der Waals surface area contributed by atoms with Crippen LogP contribution >= 0.6 is 0 Å². The Bertz CT molecular complexity index is 395. The van der Waals surface area contributed by atoms with Crippen molar-refractivity contribution in [2.24, 2.45) is 0 Å². The van der Waals surface area contributed by atoms with Gasteiger partial charge in [0.15, 0.2) is 5.82 Å². The molecule has 1 aromatic rings. The van der Waals surface area contributed by atoms with Gasteiger partial charge in [-0.2, -0.15) is 10.1 Å². The lowest BCUT2D eigenvalue weighted by Crippen LogP contribution is -2.32. The fraction of sp³-hybridized carbons (Fsp3) is 0.833. The van der Waals surface area contributed by atoms with E-state index in [1.807, 2.05) is 0 Å². The summed E-state index contributed by atoms with van der Waals surface area (Å²) in [7, 11) is 0. The minimum absolute atomic E-state index is 0.331. The van der Waals surface area contributed by atoms with Crippen LogP contribution in [-0.2, 0) is 4.74 Å². The van der Waals surface area contributed by atoms with Crippen molar-refractivity contribution in [3.05, 3.63) is 5.82 Å². The van der Waals surface area contributed by atoms with Gasteiger partial charge < -0.3 is 10.1 Å². The van der Waals surface area contributed by atoms with Crippen LogP contribution in [0.25, 0.3) is 0 Å². The zero-order valence-electron chi connectivity index (χ0n) is 10.5. The maximum atomic E-state index is 5.80. The first kappa shape index (κ1) is 11.0. The van der Waals surface area contributed by atoms with Crippen molar-refractivity contribution in [1.29, 1.82) is 0 Å². The molecule has 3 heterocycles. The summed E-state index contributed by atoms with van der Waals surface area (Å²) < 4.78 is 7.85. The predicted octanol–water partition coefficient (Wildman–Crippen LogP) is 1.94. The van der Waals surface area contributed by atoms with E-state index in [2.05, 4.69) is 33.9 Å². The molecule has 0 spiro atoms. The van der Waals surface area contributed by atoms with Crippen molar-refractivity contribution >= 4 is 5.95 Å². The Morgan fingerprint density at radius 2 is 2.29 bits per heavy atom. The number of ether oxygens (including phenoxy) is 1. The van der Waals surface area contributed by atoms with Crippen molar-refractivity contribution in [3.63, 3.8) is 0 Å². The second-order valence-corrected chi connectivity index (χ2v) is 5.23. The van der Waals surface area contributed by atoms with E-state index < -0.39 is 0 Å². The molecule has 0 saturated carbocycles. The monoisotopic (exact) mass is 236 g/mol. The van der Waals surface area contributed by atoms with Crippen LogP contribution in [0.5, 0.6) is 0 Å². The number of hydrogen-bond acceptors (Lipinski definition) is 4. The Balaban J connectivity index is 1.89. The van der Waals surface area contributed by atoms with Gasteiger partial charge >= 0.3 is 0 Å². The predicted molar refractivity (Wildman–Crippen MR) is 65.2 cm³/mol. The first-order chi connectivity index (χ1) is 8.25. The van der Waals surface area contributed by atoms with E-state index >= 15 is 0 Å². The molecule has 1 saturated heterocycles.